The zero-order valence-electron chi connectivity index (χ0n) is 11.4. The summed E-state index contributed by atoms with van der Waals surface area (Å²) in [6.45, 7) is 4.21. The average Bonchev–Trinajstić information content (AvgIpc) is 2.86. The van der Waals surface area contributed by atoms with Crippen molar-refractivity contribution in [3.8, 4) is 0 Å². The lowest BCUT2D eigenvalue weighted by Crippen LogP contribution is -2.43. The van der Waals surface area contributed by atoms with Crippen LogP contribution < -0.4 is 0 Å². The number of aromatic amines is 1. The van der Waals surface area contributed by atoms with Crippen molar-refractivity contribution in [2.45, 2.75) is 52.0 Å². The highest BCUT2D eigenvalue weighted by Crippen LogP contribution is 2.27. The second kappa shape index (κ2) is 5.50. The Kier molecular flexibility index (Phi) is 3.99. The van der Waals surface area contributed by atoms with E-state index < -0.39 is 0 Å². The lowest BCUT2D eigenvalue weighted by atomic mass is 9.85. The first-order valence-electron chi connectivity index (χ1n) is 6.82. The Hall–Kier alpha value is -1.39. The molecule has 18 heavy (non-hydrogen) atoms. The molecule has 2 unspecified atom stereocenters. The average molecular weight is 250 g/mol. The number of nitrogens with zero attached hydrogens (tertiary/aromatic N) is 3. The molecular formula is C13H22N4O. The summed E-state index contributed by atoms with van der Waals surface area (Å²) in [5.41, 5.74) is 0. The monoisotopic (exact) mass is 250 g/mol. The number of hydrogen-bond donors (Lipinski definition) is 1. The molecule has 0 bridgehead atoms. The van der Waals surface area contributed by atoms with Gasteiger partial charge in [-0.3, -0.25) is 9.89 Å². The van der Waals surface area contributed by atoms with Crippen LogP contribution in [0, 0.1) is 5.92 Å². The number of nitrogens with one attached hydrogen (secondary N) is 1. The number of rotatable bonds is 3. The second-order valence-corrected chi connectivity index (χ2v) is 5.20. The van der Waals surface area contributed by atoms with Crippen molar-refractivity contribution < 1.29 is 4.79 Å². The summed E-state index contributed by atoms with van der Waals surface area (Å²) in [6, 6.07) is 0.329. The van der Waals surface area contributed by atoms with Crippen LogP contribution in [0.2, 0.25) is 0 Å². The molecule has 1 saturated carbocycles. The molecule has 1 aromatic rings. The maximum atomic E-state index is 12.3. The smallest absolute Gasteiger partial charge is 0.293 e. The molecule has 0 radical (unpaired) electrons. The van der Waals surface area contributed by atoms with Gasteiger partial charge in [-0.15, -0.1) is 5.10 Å². The first kappa shape index (κ1) is 13.1. The summed E-state index contributed by atoms with van der Waals surface area (Å²) in [5.74, 6) is 1.57. The number of aromatic nitrogens is 3. The van der Waals surface area contributed by atoms with Crippen molar-refractivity contribution in [3.63, 3.8) is 0 Å². The van der Waals surface area contributed by atoms with Gasteiger partial charge in [-0.1, -0.05) is 26.7 Å². The van der Waals surface area contributed by atoms with Crippen molar-refractivity contribution in [2.75, 3.05) is 7.05 Å². The summed E-state index contributed by atoms with van der Waals surface area (Å²) in [7, 11) is 1.87. The van der Waals surface area contributed by atoms with E-state index in [2.05, 4.69) is 22.1 Å². The quantitative estimate of drug-likeness (QED) is 0.892. The van der Waals surface area contributed by atoms with Crippen LogP contribution in [0.25, 0.3) is 0 Å². The largest absolute Gasteiger partial charge is 0.336 e. The molecule has 0 aliphatic heterocycles. The number of amides is 1. The molecule has 1 aromatic heterocycles. The van der Waals surface area contributed by atoms with Crippen LogP contribution in [-0.2, 0) is 6.42 Å². The molecule has 1 aliphatic rings. The highest BCUT2D eigenvalue weighted by atomic mass is 16.2. The number of aryl methyl sites for hydroxylation is 1. The van der Waals surface area contributed by atoms with Gasteiger partial charge < -0.3 is 4.90 Å². The highest BCUT2D eigenvalue weighted by molar-refractivity contribution is 5.90. The topological polar surface area (TPSA) is 61.9 Å². The lowest BCUT2D eigenvalue weighted by Gasteiger charge is -2.35. The number of carbonyl (C=O) groups excluding carboxylic acids is 1. The van der Waals surface area contributed by atoms with Gasteiger partial charge in [0.15, 0.2) is 0 Å². The Balaban J connectivity index is 2.07. The summed E-state index contributed by atoms with van der Waals surface area (Å²) < 4.78 is 0. The number of hydrogen-bond acceptors (Lipinski definition) is 3. The molecule has 1 heterocycles. The molecule has 100 valence electrons. The Labute approximate surface area is 108 Å². The van der Waals surface area contributed by atoms with Crippen LogP contribution in [0.5, 0.6) is 0 Å². The molecule has 1 fully saturated rings. The van der Waals surface area contributed by atoms with E-state index >= 15 is 0 Å². The maximum absolute atomic E-state index is 12.3. The van der Waals surface area contributed by atoms with E-state index in [0.29, 0.717) is 17.8 Å². The summed E-state index contributed by atoms with van der Waals surface area (Å²) in [5, 5.41) is 6.80. The van der Waals surface area contributed by atoms with Crippen LogP contribution in [-0.4, -0.2) is 39.1 Å². The zero-order chi connectivity index (χ0) is 13.1. The molecule has 0 aromatic carbocycles. The first-order valence-corrected chi connectivity index (χ1v) is 6.82. The van der Waals surface area contributed by atoms with Gasteiger partial charge in [0, 0.05) is 19.5 Å². The predicted octanol–water partition coefficient (Wildman–Crippen LogP) is 2.02. The molecule has 0 saturated heterocycles. The number of H-pyrrole nitrogens is 1. The number of carbonyl (C=O) groups is 1. The molecule has 5 heteroatoms. The maximum Gasteiger partial charge on any atom is 0.293 e. The molecule has 0 spiro atoms. The third-order valence-electron chi connectivity index (χ3n) is 3.94. The lowest BCUT2D eigenvalue weighted by molar-refractivity contribution is 0.0617. The van der Waals surface area contributed by atoms with Crippen LogP contribution in [0.3, 0.4) is 0 Å². The fourth-order valence-corrected chi connectivity index (χ4v) is 2.73. The fraction of sp³-hybridized carbons (Fsp3) is 0.769. The minimum atomic E-state index is -0.0651. The van der Waals surface area contributed by atoms with Gasteiger partial charge in [0.05, 0.1) is 0 Å². The van der Waals surface area contributed by atoms with Gasteiger partial charge in [0.25, 0.3) is 5.91 Å². The summed E-state index contributed by atoms with van der Waals surface area (Å²) in [6.07, 6.45) is 5.55. The molecule has 1 amide bonds. The molecule has 1 aliphatic carbocycles. The second-order valence-electron chi connectivity index (χ2n) is 5.20. The zero-order valence-corrected chi connectivity index (χ0v) is 11.4. The van der Waals surface area contributed by atoms with E-state index in [1.807, 2.05) is 18.9 Å². The van der Waals surface area contributed by atoms with E-state index in [4.69, 9.17) is 0 Å². The highest BCUT2D eigenvalue weighted by Gasteiger charge is 2.29. The van der Waals surface area contributed by atoms with Crippen molar-refractivity contribution in [1.29, 1.82) is 0 Å². The summed E-state index contributed by atoms with van der Waals surface area (Å²) >= 11 is 0. The van der Waals surface area contributed by atoms with Crippen molar-refractivity contribution in [3.05, 3.63) is 11.6 Å². The Bertz CT molecular complexity index is 415. The SMILES string of the molecule is CCc1nc(C(=O)N(C)C2CCCCC2C)n[nH]1. The third kappa shape index (κ3) is 2.54. The third-order valence-corrected chi connectivity index (χ3v) is 3.94. The predicted molar refractivity (Wildman–Crippen MR) is 69.3 cm³/mol. The van der Waals surface area contributed by atoms with Gasteiger partial charge in [-0.25, -0.2) is 4.98 Å². The van der Waals surface area contributed by atoms with Crippen LogP contribution in [0.1, 0.15) is 56.0 Å². The van der Waals surface area contributed by atoms with E-state index in [1.165, 1.54) is 19.3 Å². The van der Waals surface area contributed by atoms with E-state index in [-0.39, 0.29) is 5.91 Å². The van der Waals surface area contributed by atoms with Gasteiger partial charge >= 0.3 is 0 Å². The van der Waals surface area contributed by atoms with Crippen molar-refractivity contribution in [2.24, 2.45) is 5.92 Å². The van der Waals surface area contributed by atoms with Gasteiger partial charge in [-0.05, 0) is 18.8 Å². The Morgan fingerprint density at radius 1 is 1.44 bits per heavy atom. The molecular weight excluding hydrogens is 228 g/mol. The van der Waals surface area contributed by atoms with E-state index in [0.717, 1.165) is 18.7 Å². The van der Waals surface area contributed by atoms with Crippen LogP contribution in [0.4, 0.5) is 0 Å². The van der Waals surface area contributed by atoms with Crippen molar-refractivity contribution >= 4 is 5.91 Å². The standard InChI is InChI=1S/C13H22N4O/c1-4-11-14-12(16-15-11)13(18)17(3)10-8-6-5-7-9(10)2/h9-10H,4-8H2,1-3H3,(H,14,15,16). The van der Waals surface area contributed by atoms with Crippen LogP contribution in [0.15, 0.2) is 0 Å². The molecule has 2 atom stereocenters. The Morgan fingerprint density at radius 3 is 2.78 bits per heavy atom. The minimum Gasteiger partial charge on any atom is -0.336 e. The van der Waals surface area contributed by atoms with E-state index in [1.54, 1.807) is 0 Å². The minimum absolute atomic E-state index is 0.0651. The molecule has 5 nitrogen and oxygen atoms in total. The fourth-order valence-electron chi connectivity index (χ4n) is 2.73. The van der Waals surface area contributed by atoms with Gasteiger partial charge in [-0.2, -0.15) is 0 Å². The van der Waals surface area contributed by atoms with Crippen LogP contribution >= 0.6 is 0 Å². The first-order chi connectivity index (χ1) is 8.63. The van der Waals surface area contributed by atoms with Gasteiger partial charge in [0.2, 0.25) is 5.82 Å². The Morgan fingerprint density at radius 2 is 2.17 bits per heavy atom. The van der Waals surface area contributed by atoms with Crippen molar-refractivity contribution in [1.82, 2.24) is 20.1 Å². The molecule has 2 rings (SSSR count). The normalized spacial score (nSPS) is 23.9. The van der Waals surface area contributed by atoms with E-state index in [9.17, 15) is 4.79 Å². The van der Waals surface area contributed by atoms with Gasteiger partial charge in [0.1, 0.15) is 5.82 Å². The molecule has 1 N–H and O–H groups in total. The summed E-state index contributed by atoms with van der Waals surface area (Å²) in [4.78, 5) is 18.3.